The van der Waals surface area contributed by atoms with Crippen LogP contribution in [0.15, 0.2) is 18.2 Å². The molecule has 0 radical (unpaired) electrons. The van der Waals surface area contributed by atoms with Gasteiger partial charge < -0.3 is 10.6 Å². The molecule has 1 rings (SSSR count). The van der Waals surface area contributed by atoms with E-state index in [0.29, 0.717) is 15.2 Å². The molecule has 1 aromatic carbocycles. The van der Waals surface area contributed by atoms with Crippen molar-refractivity contribution in [2.45, 2.75) is 6.92 Å². The monoisotopic (exact) mass is 288 g/mol. The van der Waals surface area contributed by atoms with E-state index in [2.05, 4.69) is 21.5 Å². The minimum Gasteiger partial charge on any atom is -0.364 e. The van der Waals surface area contributed by atoms with Crippen molar-refractivity contribution in [1.82, 2.24) is 16.2 Å². The summed E-state index contributed by atoms with van der Waals surface area (Å²) < 4.78 is 0. The molecule has 0 fully saturated rings. The zero-order chi connectivity index (χ0) is 12.8. The van der Waals surface area contributed by atoms with Crippen LogP contribution in [0, 0.1) is 6.92 Å². The first-order chi connectivity index (χ1) is 8.04. The Morgan fingerprint density at radius 3 is 2.47 bits per heavy atom. The molecule has 7 heteroatoms. The highest BCUT2D eigenvalue weighted by atomic mass is 35.5. The molecule has 17 heavy (non-hydrogen) atoms. The fourth-order valence-corrected chi connectivity index (χ4v) is 1.46. The van der Waals surface area contributed by atoms with Gasteiger partial charge >= 0.3 is 0 Å². The van der Waals surface area contributed by atoms with Gasteiger partial charge in [-0.1, -0.05) is 17.7 Å². The Labute approximate surface area is 116 Å². The molecule has 4 nitrogen and oxygen atoms in total. The molecule has 0 aliphatic heterocycles. The number of hydrogen-bond acceptors (Lipinski definition) is 2. The second-order valence-electron chi connectivity index (χ2n) is 3.20. The van der Waals surface area contributed by atoms with Crippen LogP contribution in [0.25, 0.3) is 0 Å². The topological polar surface area (TPSA) is 48.1 Å². The average Bonchev–Trinajstić information content (AvgIpc) is 2.32. The van der Waals surface area contributed by atoms with E-state index in [-0.39, 0.29) is 0 Å². The lowest BCUT2D eigenvalue weighted by Gasteiger charge is -2.14. The first-order valence-corrected chi connectivity index (χ1v) is 6.04. The Bertz CT molecular complexity index is 436. The molecule has 0 unspecified atom stereocenters. The van der Waals surface area contributed by atoms with Gasteiger partial charge in [-0.05, 0) is 49.1 Å². The number of hydrazine groups is 1. The van der Waals surface area contributed by atoms with Gasteiger partial charge in [-0.3, -0.25) is 10.9 Å². The SMILES string of the molecule is CNC(=S)NNC(=S)Nc1cccc(Cl)c1C. The molecule has 0 saturated heterocycles. The molecule has 1 aromatic rings. The van der Waals surface area contributed by atoms with Crippen molar-refractivity contribution in [2.75, 3.05) is 12.4 Å². The number of anilines is 1. The van der Waals surface area contributed by atoms with E-state index in [1.807, 2.05) is 25.1 Å². The van der Waals surface area contributed by atoms with Crippen LogP contribution >= 0.6 is 36.0 Å². The molecule has 0 amide bonds. The minimum absolute atomic E-state index is 0.410. The van der Waals surface area contributed by atoms with Gasteiger partial charge in [-0.25, -0.2) is 0 Å². The fourth-order valence-electron chi connectivity index (χ4n) is 1.07. The highest BCUT2D eigenvalue weighted by molar-refractivity contribution is 7.80. The summed E-state index contributed by atoms with van der Waals surface area (Å²) >= 11 is 16.0. The second-order valence-corrected chi connectivity index (χ2v) is 4.42. The Morgan fingerprint density at radius 1 is 1.18 bits per heavy atom. The Kier molecular flexibility index (Phi) is 5.40. The zero-order valence-corrected chi connectivity index (χ0v) is 11.8. The summed E-state index contributed by atoms with van der Waals surface area (Å²) in [4.78, 5) is 0. The van der Waals surface area contributed by atoms with Crippen LogP contribution < -0.4 is 21.5 Å². The standard InChI is InChI=1S/C10H13ClN4S2/c1-6-7(11)4-3-5-8(6)13-10(17)15-14-9(16)12-2/h3-5H,1-2H3,(H2,12,14,16)(H2,13,15,17). The van der Waals surface area contributed by atoms with Crippen molar-refractivity contribution in [2.24, 2.45) is 0 Å². The van der Waals surface area contributed by atoms with Gasteiger partial charge in [-0.2, -0.15) is 0 Å². The molecular weight excluding hydrogens is 276 g/mol. The summed E-state index contributed by atoms with van der Waals surface area (Å²) in [5.41, 5.74) is 7.27. The van der Waals surface area contributed by atoms with E-state index in [9.17, 15) is 0 Å². The summed E-state index contributed by atoms with van der Waals surface area (Å²) in [6, 6.07) is 5.57. The first-order valence-electron chi connectivity index (χ1n) is 4.84. The lowest BCUT2D eigenvalue weighted by molar-refractivity contribution is 0.853. The molecule has 4 N–H and O–H groups in total. The van der Waals surface area contributed by atoms with Crippen molar-refractivity contribution in [3.05, 3.63) is 28.8 Å². The van der Waals surface area contributed by atoms with Gasteiger partial charge in [-0.15, -0.1) is 0 Å². The van der Waals surface area contributed by atoms with E-state index in [4.69, 9.17) is 36.0 Å². The van der Waals surface area contributed by atoms with Crippen molar-refractivity contribution in [1.29, 1.82) is 0 Å². The zero-order valence-electron chi connectivity index (χ0n) is 9.43. The normalized spacial score (nSPS) is 9.35. The Morgan fingerprint density at radius 2 is 1.82 bits per heavy atom. The summed E-state index contributed by atoms with van der Waals surface area (Å²) in [5, 5.41) is 7.33. The molecule has 92 valence electrons. The minimum atomic E-state index is 0.410. The lowest BCUT2D eigenvalue weighted by Crippen LogP contribution is -2.47. The number of benzene rings is 1. The number of thiocarbonyl (C=S) groups is 2. The van der Waals surface area contributed by atoms with Crippen LogP contribution in [-0.4, -0.2) is 17.3 Å². The molecule has 0 spiro atoms. The van der Waals surface area contributed by atoms with E-state index < -0.39 is 0 Å². The molecule has 0 bridgehead atoms. The molecule has 0 heterocycles. The predicted molar refractivity (Wildman–Crippen MR) is 80.3 cm³/mol. The van der Waals surface area contributed by atoms with Crippen LogP contribution in [0.4, 0.5) is 5.69 Å². The van der Waals surface area contributed by atoms with Crippen LogP contribution in [0.1, 0.15) is 5.56 Å². The summed E-state index contributed by atoms with van der Waals surface area (Å²) in [6.07, 6.45) is 0. The average molecular weight is 289 g/mol. The van der Waals surface area contributed by atoms with Crippen LogP contribution in [0.5, 0.6) is 0 Å². The van der Waals surface area contributed by atoms with Gasteiger partial charge in [0.15, 0.2) is 10.2 Å². The third-order valence-corrected chi connectivity index (χ3v) is 2.95. The maximum absolute atomic E-state index is 6.00. The quantitative estimate of drug-likeness (QED) is 0.468. The summed E-state index contributed by atoms with van der Waals surface area (Å²) in [5.74, 6) is 0. The van der Waals surface area contributed by atoms with Gasteiger partial charge in [0, 0.05) is 17.8 Å². The van der Waals surface area contributed by atoms with Crippen LogP contribution in [0.3, 0.4) is 0 Å². The summed E-state index contributed by atoms with van der Waals surface area (Å²) in [6.45, 7) is 1.92. The van der Waals surface area contributed by atoms with Crippen LogP contribution in [0.2, 0.25) is 5.02 Å². The van der Waals surface area contributed by atoms with E-state index in [0.717, 1.165) is 11.3 Å². The Balaban J connectivity index is 2.56. The lowest BCUT2D eigenvalue weighted by atomic mass is 10.2. The number of rotatable bonds is 1. The molecule has 0 aromatic heterocycles. The number of hydrogen-bond donors (Lipinski definition) is 4. The molecule has 0 aliphatic carbocycles. The van der Waals surface area contributed by atoms with Crippen molar-refractivity contribution in [3.8, 4) is 0 Å². The van der Waals surface area contributed by atoms with E-state index >= 15 is 0 Å². The highest BCUT2D eigenvalue weighted by Crippen LogP contribution is 2.22. The van der Waals surface area contributed by atoms with Crippen molar-refractivity contribution >= 4 is 51.9 Å². The van der Waals surface area contributed by atoms with Gasteiger partial charge in [0.05, 0.1) is 0 Å². The summed E-state index contributed by atoms with van der Waals surface area (Å²) in [7, 11) is 1.72. The van der Waals surface area contributed by atoms with Gasteiger partial charge in [0.2, 0.25) is 0 Å². The van der Waals surface area contributed by atoms with E-state index in [1.165, 1.54) is 0 Å². The third-order valence-electron chi connectivity index (χ3n) is 2.03. The number of nitrogens with one attached hydrogen (secondary N) is 4. The largest absolute Gasteiger partial charge is 0.364 e. The number of halogens is 1. The first kappa shape index (κ1) is 14.0. The van der Waals surface area contributed by atoms with Gasteiger partial charge in [0.25, 0.3) is 0 Å². The highest BCUT2D eigenvalue weighted by Gasteiger charge is 2.03. The predicted octanol–water partition coefficient (Wildman–Crippen LogP) is 1.94. The van der Waals surface area contributed by atoms with Crippen LogP contribution in [-0.2, 0) is 0 Å². The molecular formula is C10H13ClN4S2. The maximum atomic E-state index is 6.00. The molecule has 0 atom stereocenters. The molecule has 0 saturated carbocycles. The smallest absolute Gasteiger partial charge is 0.189 e. The third kappa shape index (κ3) is 4.33. The fraction of sp³-hybridized carbons (Fsp3) is 0.200. The van der Waals surface area contributed by atoms with E-state index in [1.54, 1.807) is 7.05 Å². The second kappa shape index (κ2) is 6.58. The maximum Gasteiger partial charge on any atom is 0.189 e. The van der Waals surface area contributed by atoms with Crippen molar-refractivity contribution < 1.29 is 0 Å². The molecule has 0 aliphatic rings. The Hall–Kier alpha value is -1.11. The van der Waals surface area contributed by atoms with Crippen molar-refractivity contribution in [3.63, 3.8) is 0 Å². The van der Waals surface area contributed by atoms with Gasteiger partial charge in [0.1, 0.15) is 0 Å².